The van der Waals surface area contributed by atoms with E-state index in [9.17, 15) is 4.79 Å². The SMILES string of the molecule is Cc1nnc(-c2ccc(C(=O)NC3CCC(CO)CC3)cc2)o1. The molecule has 1 aromatic heterocycles. The standard InChI is InChI=1S/C17H21N3O3/c1-11-19-20-17(23-11)14-6-4-13(5-7-14)16(22)18-15-8-2-12(10-21)3-9-15/h4-7,12,15,21H,2-3,8-10H2,1H3,(H,18,22). The van der Waals surface area contributed by atoms with E-state index in [0.29, 0.717) is 23.3 Å². The second-order valence-corrected chi connectivity index (χ2v) is 6.08. The highest BCUT2D eigenvalue weighted by atomic mass is 16.4. The molecule has 1 aromatic carbocycles. The Bertz CT molecular complexity index is 658. The number of rotatable bonds is 4. The van der Waals surface area contributed by atoms with Gasteiger partial charge in [-0.1, -0.05) is 0 Å². The van der Waals surface area contributed by atoms with Gasteiger partial charge in [0.15, 0.2) is 0 Å². The van der Waals surface area contributed by atoms with Crippen molar-refractivity contribution in [2.45, 2.75) is 38.6 Å². The number of nitrogens with one attached hydrogen (secondary N) is 1. The number of aliphatic hydroxyl groups excluding tert-OH is 1. The average molecular weight is 315 g/mol. The first kappa shape index (κ1) is 15.7. The third-order valence-corrected chi connectivity index (χ3v) is 4.36. The Morgan fingerprint density at radius 1 is 1.22 bits per heavy atom. The highest BCUT2D eigenvalue weighted by Gasteiger charge is 2.22. The monoisotopic (exact) mass is 315 g/mol. The third kappa shape index (κ3) is 3.76. The van der Waals surface area contributed by atoms with Crippen LogP contribution in [0.3, 0.4) is 0 Å². The zero-order chi connectivity index (χ0) is 16.2. The molecule has 1 saturated carbocycles. The van der Waals surface area contributed by atoms with Crippen LogP contribution in [0.5, 0.6) is 0 Å². The van der Waals surface area contributed by atoms with E-state index in [1.807, 2.05) is 12.1 Å². The molecule has 0 atom stereocenters. The molecule has 23 heavy (non-hydrogen) atoms. The number of amides is 1. The van der Waals surface area contributed by atoms with Gasteiger partial charge in [-0.25, -0.2) is 0 Å². The van der Waals surface area contributed by atoms with Crippen LogP contribution >= 0.6 is 0 Å². The summed E-state index contributed by atoms with van der Waals surface area (Å²) in [5.41, 5.74) is 1.42. The summed E-state index contributed by atoms with van der Waals surface area (Å²) < 4.78 is 5.37. The molecule has 0 bridgehead atoms. The Morgan fingerprint density at radius 3 is 2.48 bits per heavy atom. The van der Waals surface area contributed by atoms with E-state index in [-0.39, 0.29) is 18.6 Å². The topological polar surface area (TPSA) is 88.2 Å². The van der Waals surface area contributed by atoms with Crippen molar-refractivity contribution in [2.75, 3.05) is 6.61 Å². The van der Waals surface area contributed by atoms with Gasteiger partial charge in [0.05, 0.1) is 0 Å². The van der Waals surface area contributed by atoms with Crippen LogP contribution in [-0.4, -0.2) is 33.9 Å². The van der Waals surface area contributed by atoms with Gasteiger partial charge in [-0.2, -0.15) is 0 Å². The van der Waals surface area contributed by atoms with Crippen molar-refractivity contribution in [1.29, 1.82) is 0 Å². The summed E-state index contributed by atoms with van der Waals surface area (Å²) in [5.74, 6) is 1.29. The molecule has 6 heteroatoms. The van der Waals surface area contributed by atoms with Crippen LogP contribution in [0.2, 0.25) is 0 Å². The molecule has 0 radical (unpaired) electrons. The fourth-order valence-electron chi connectivity index (χ4n) is 2.94. The van der Waals surface area contributed by atoms with Gasteiger partial charge in [-0.15, -0.1) is 10.2 Å². The minimum Gasteiger partial charge on any atom is -0.421 e. The fourth-order valence-corrected chi connectivity index (χ4v) is 2.94. The van der Waals surface area contributed by atoms with Crippen molar-refractivity contribution in [2.24, 2.45) is 5.92 Å². The second kappa shape index (κ2) is 6.91. The number of hydrogen-bond acceptors (Lipinski definition) is 5. The van der Waals surface area contributed by atoms with Gasteiger partial charge in [0, 0.05) is 30.7 Å². The molecule has 122 valence electrons. The average Bonchev–Trinajstić information content (AvgIpc) is 3.02. The zero-order valence-electron chi connectivity index (χ0n) is 13.2. The normalized spacial score (nSPS) is 21.1. The van der Waals surface area contributed by atoms with Crippen LogP contribution in [0.1, 0.15) is 41.9 Å². The van der Waals surface area contributed by atoms with Gasteiger partial charge in [-0.3, -0.25) is 4.79 Å². The van der Waals surface area contributed by atoms with E-state index in [4.69, 9.17) is 9.52 Å². The molecule has 1 aliphatic carbocycles. The molecule has 1 heterocycles. The number of benzene rings is 1. The predicted octanol–water partition coefficient (Wildman–Crippen LogP) is 2.33. The molecule has 1 aliphatic rings. The number of hydrogen-bond donors (Lipinski definition) is 2. The first-order valence-electron chi connectivity index (χ1n) is 7.98. The molecule has 0 saturated heterocycles. The molecule has 2 N–H and O–H groups in total. The van der Waals surface area contributed by atoms with Crippen molar-refractivity contribution >= 4 is 5.91 Å². The van der Waals surface area contributed by atoms with E-state index in [2.05, 4.69) is 15.5 Å². The lowest BCUT2D eigenvalue weighted by Gasteiger charge is -2.27. The summed E-state index contributed by atoms with van der Waals surface area (Å²) in [6, 6.07) is 7.35. The minimum atomic E-state index is -0.0642. The molecule has 2 aromatic rings. The lowest BCUT2D eigenvalue weighted by Crippen LogP contribution is -2.38. The van der Waals surface area contributed by atoms with Crippen LogP contribution < -0.4 is 5.32 Å². The maximum absolute atomic E-state index is 12.3. The maximum atomic E-state index is 12.3. The van der Waals surface area contributed by atoms with Gasteiger partial charge in [0.1, 0.15) is 0 Å². The van der Waals surface area contributed by atoms with Gasteiger partial charge in [0.2, 0.25) is 11.8 Å². The van der Waals surface area contributed by atoms with Crippen molar-refractivity contribution in [3.8, 4) is 11.5 Å². The largest absolute Gasteiger partial charge is 0.421 e. The Balaban J connectivity index is 1.60. The molecule has 0 unspecified atom stereocenters. The van der Waals surface area contributed by atoms with Gasteiger partial charge >= 0.3 is 0 Å². The summed E-state index contributed by atoms with van der Waals surface area (Å²) in [5, 5.41) is 20.0. The predicted molar refractivity (Wildman–Crippen MR) is 84.8 cm³/mol. The Morgan fingerprint density at radius 2 is 1.91 bits per heavy atom. The quantitative estimate of drug-likeness (QED) is 0.904. The minimum absolute atomic E-state index is 0.0642. The Hall–Kier alpha value is -2.21. The molecule has 1 amide bonds. The zero-order valence-corrected chi connectivity index (χ0v) is 13.2. The van der Waals surface area contributed by atoms with Crippen molar-refractivity contribution in [3.63, 3.8) is 0 Å². The maximum Gasteiger partial charge on any atom is 0.251 e. The van der Waals surface area contributed by atoms with Crippen LogP contribution in [0.4, 0.5) is 0 Å². The smallest absolute Gasteiger partial charge is 0.251 e. The summed E-state index contributed by atoms with van der Waals surface area (Å²) in [6.45, 7) is 1.99. The van der Waals surface area contributed by atoms with Crippen molar-refractivity contribution < 1.29 is 14.3 Å². The highest BCUT2D eigenvalue weighted by molar-refractivity contribution is 5.94. The van der Waals surface area contributed by atoms with Gasteiger partial charge < -0.3 is 14.8 Å². The summed E-state index contributed by atoms with van der Waals surface area (Å²) in [6.07, 6.45) is 3.79. The van der Waals surface area contributed by atoms with Crippen LogP contribution in [-0.2, 0) is 0 Å². The summed E-state index contributed by atoms with van der Waals surface area (Å²) >= 11 is 0. The van der Waals surface area contributed by atoms with E-state index in [1.165, 1.54) is 0 Å². The fraction of sp³-hybridized carbons (Fsp3) is 0.471. The van der Waals surface area contributed by atoms with Crippen molar-refractivity contribution in [3.05, 3.63) is 35.7 Å². The molecular formula is C17H21N3O3. The lowest BCUT2D eigenvalue weighted by atomic mass is 9.86. The van der Waals surface area contributed by atoms with E-state index >= 15 is 0 Å². The Kier molecular flexibility index (Phi) is 4.71. The number of aryl methyl sites for hydroxylation is 1. The van der Waals surface area contributed by atoms with Crippen LogP contribution in [0, 0.1) is 12.8 Å². The number of carbonyl (C=O) groups is 1. The van der Waals surface area contributed by atoms with Crippen LogP contribution in [0.25, 0.3) is 11.5 Å². The molecular weight excluding hydrogens is 294 g/mol. The third-order valence-electron chi connectivity index (χ3n) is 4.36. The number of nitrogens with zero attached hydrogens (tertiary/aromatic N) is 2. The lowest BCUT2D eigenvalue weighted by molar-refractivity contribution is 0.0914. The molecule has 0 spiro atoms. The molecule has 1 fully saturated rings. The summed E-state index contributed by atoms with van der Waals surface area (Å²) in [7, 11) is 0. The first-order valence-corrected chi connectivity index (χ1v) is 7.98. The highest BCUT2D eigenvalue weighted by Crippen LogP contribution is 2.24. The summed E-state index contributed by atoms with van der Waals surface area (Å²) in [4.78, 5) is 12.3. The Labute approximate surface area is 134 Å². The second-order valence-electron chi connectivity index (χ2n) is 6.08. The van der Waals surface area contributed by atoms with Crippen LogP contribution in [0.15, 0.2) is 28.7 Å². The van der Waals surface area contributed by atoms with Gasteiger partial charge in [-0.05, 0) is 55.9 Å². The van der Waals surface area contributed by atoms with E-state index < -0.39 is 0 Å². The molecule has 6 nitrogen and oxygen atoms in total. The number of aliphatic hydroxyl groups is 1. The molecule has 3 rings (SSSR count). The van der Waals surface area contributed by atoms with Crippen molar-refractivity contribution in [1.82, 2.24) is 15.5 Å². The number of carbonyl (C=O) groups excluding carboxylic acids is 1. The van der Waals surface area contributed by atoms with E-state index in [0.717, 1.165) is 31.2 Å². The molecule has 0 aliphatic heterocycles. The first-order chi connectivity index (χ1) is 11.2. The van der Waals surface area contributed by atoms with E-state index in [1.54, 1.807) is 19.1 Å². The number of aromatic nitrogens is 2. The van der Waals surface area contributed by atoms with Gasteiger partial charge in [0.25, 0.3) is 5.91 Å².